The van der Waals surface area contributed by atoms with E-state index < -0.39 is 0 Å². The normalized spacial score (nSPS) is 12.1. The maximum Gasteiger partial charge on any atom is 0.251 e. The van der Waals surface area contributed by atoms with Crippen molar-refractivity contribution in [3.05, 3.63) is 65.0 Å². The van der Waals surface area contributed by atoms with Crippen LogP contribution >= 0.6 is 0 Å². The van der Waals surface area contributed by atoms with Crippen LogP contribution in [0.5, 0.6) is 0 Å². The van der Waals surface area contributed by atoms with Crippen LogP contribution in [0.4, 0.5) is 0 Å². The molecule has 0 saturated carbocycles. The molecular weight excluding hydrogens is 362 g/mol. The lowest BCUT2D eigenvalue weighted by atomic mass is 9.94. The third-order valence-electron chi connectivity index (χ3n) is 5.17. The van der Waals surface area contributed by atoms with Crippen molar-refractivity contribution in [2.24, 2.45) is 7.05 Å². The molecule has 0 fully saturated rings. The van der Waals surface area contributed by atoms with Gasteiger partial charge in [0.1, 0.15) is 0 Å². The number of benzene rings is 2. The van der Waals surface area contributed by atoms with Crippen molar-refractivity contribution in [2.45, 2.75) is 33.7 Å². The monoisotopic (exact) mass is 391 g/mol. The van der Waals surface area contributed by atoms with Gasteiger partial charge in [0.05, 0.1) is 12.3 Å². The fourth-order valence-corrected chi connectivity index (χ4v) is 3.61. The highest BCUT2D eigenvalue weighted by Crippen LogP contribution is 2.32. The summed E-state index contributed by atoms with van der Waals surface area (Å²) in [5.41, 5.74) is 8.01. The summed E-state index contributed by atoms with van der Waals surface area (Å²) < 4.78 is 7.02. The van der Waals surface area contributed by atoms with Crippen LogP contribution in [0.1, 0.15) is 34.2 Å². The van der Waals surface area contributed by atoms with Crippen LogP contribution in [0.2, 0.25) is 0 Å². The molecule has 5 heteroatoms. The average molecular weight is 392 g/mol. The number of hydrogen-bond donors (Lipinski definition) is 1. The van der Waals surface area contributed by atoms with Crippen molar-refractivity contribution >= 4 is 5.91 Å². The summed E-state index contributed by atoms with van der Waals surface area (Å²) in [6, 6.07) is 14.3. The summed E-state index contributed by atoms with van der Waals surface area (Å²) in [4.78, 5) is 12.9. The highest BCUT2D eigenvalue weighted by atomic mass is 16.5. The number of amides is 1. The Morgan fingerprint density at radius 1 is 1.07 bits per heavy atom. The van der Waals surface area contributed by atoms with Crippen molar-refractivity contribution in [1.29, 1.82) is 0 Å². The summed E-state index contributed by atoms with van der Waals surface area (Å²) in [7, 11) is 3.57. The lowest BCUT2D eigenvalue weighted by molar-refractivity contribution is 0.0905. The van der Waals surface area contributed by atoms with E-state index in [-0.39, 0.29) is 11.9 Å². The predicted molar refractivity (Wildman–Crippen MR) is 117 cm³/mol. The average Bonchev–Trinajstić information content (AvgIpc) is 2.93. The zero-order valence-electron chi connectivity index (χ0n) is 18.0. The topological polar surface area (TPSA) is 56.1 Å². The molecule has 1 unspecified atom stereocenters. The van der Waals surface area contributed by atoms with Crippen molar-refractivity contribution in [2.75, 3.05) is 13.7 Å². The quantitative estimate of drug-likeness (QED) is 0.676. The molecule has 0 aliphatic heterocycles. The van der Waals surface area contributed by atoms with Gasteiger partial charge in [0.2, 0.25) is 0 Å². The molecule has 1 N–H and O–H groups in total. The number of hydrogen-bond acceptors (Lipinski definition) is 3. The van der Waals surface area contributed by atoms with Gasteiger partial charge in [-0.2, -0.15) is 5.10 Å². The van der Waals surface area contributed by atoms with Crippen molar-refractivity contribution in [3.63, 3.8) is 0 Å². The van der Waals surface area contributed by atoms with E-state index in [1.165, 1.54) is 5.56 Å². The van der Waals surface area contributed by atoms with E-state index in [1.54, 1.807) is 7.11 Å². The first kappa shape index (κ1) is 20.8. The van der Waals surface area contributed by atoms with Gasteiger partial charge in [-0.25, -0.2) is 0 Å². The number of ether oxygens (including phenoxy) is 1. The molecule has 0 radical (unpaired) electrons. The molecule has 1 atom stereocenters. The van der Waals surface area contributed by atoms with Crippen molar-refractivity contribution in [1.82, 2.24) is 15.1 Å². The molecule has 152 valence electrons. The molecule has 0 aliphatic carbocycles. The number of rotatable bonds is 6. The van der Waals surface area contributed by atoms with Crippen LogP contribution in [0, 0.1) is 20.8 Å². The summed E-state index contributed by atoms with van der Waals surface area (Å²) in [6.07, 6.45) is 0. The molecule has 0 aliphatic rings. The van der Waals surface area contributed by atoms with Gasteiger partial charge < -0.3 is 10.1 Å². The van der Waals surface area contributed by atoms with Crippen LogP contribution in [0.25, 0.3) is 22.3 Å². The van der Waals surface area contributed by atoms with Gasteiger partial charge >= 0.3 is 0 Å². The zero-order chi connectivity index (χ0) is 21.1. The first-order valence-electron chi connectivity index (χ1n) is 9.82. The van der Waals surface area contributed by atoms with Crippen molar-refractivity contribution < 1.29 is 9.53 Å². The molecule has 1 aromatic heterocycles. The molecule has 1 heterocycles. The lowest BCUT2D eigenvalue weighted by Crippen LogP contribution is -2.35. The Balaban J connectivity index is 2.11. The molecular formula is C24H29N3O2. The second-order valence-corrected chi connectivity index (χ2v) is 7.66. The molecule has 3 rings (SSSR count). The second-order valence-electron chi connectivity index (χ2n) is 7.66. The van der Waals surface area contributed by atoms with E-state index in [4.69, 9.17) is 4.74 Å². The number of nitrogens with zero attached hydrogens (tertiary/aromatic N) is 2. The van der Waals surface area contributed by atoms with Crippen LogP contribution < -0.4 is 5.32 Å². The first-order valence-corrected chi connectivity index (χ1v) is 9.82. The van der Waals surface area contributed by atoms with Gasteiger partial charge in [0.25, 0.3) is 5.91 Å². The van der Waals surface area contributed by atoms with Crippen LogP contribution in [0.15, 0.2) is 42.5 Å². The zero-order valence-corrected chi connectivity index (χ0v) is 18.0. The highest BCUT2D eigenvalue weighted by molar-refractivity contribution is 5.97. The highest BCUT2D eigenvalue weighted by Gasteiger charge is 2.17. The Bertz CT molecular complexity index is 1020. The molecule has 2 aromatic carbocycles. The van der Waals surface area contributed by atoms with E-state index in [2.05, 4.69) is 47.7 Å². The summed E-state index contributed by atoms with van der Waals surface area (Å²) in [5.74, 6) is -0.107. The number of aromatic nitrogens is 2. The number of nitrogens with one attached hydrogen (secondary N) is 1. The Kier molecular flexibility index (Phi) is 6.18. The molecule has 1 amide bonds. The third-order valence-corrected chi connectivity index (χ3v) is 5.17. The Morgan fingerprint density at radius 2 is 1.72 bits per heavy atom. The summed E-state index contributed by atoms with van der Waals surface area (Å²) in [6.45, 7) is 8.52. The van der Waals surface area contributed by atoms with Gasteiger partial charge in [-0.15, -0.1) is 0 Å². The summed E-state index contributed by atoms with van der Waals surface area (Å²) in [5, 5.41) is 7.56. The first-order chi connectivity index (χ1) is 13.8. The molecule has 29 heavy (non-hydrogen) atoms. The van der Waals surface area contributed by atoms with E-state index in [0.29, 0.717) is 12.2 Å². The van der Waals surface area contributed by atoms with E-state index >= 15 is 0 Å². The molecule has 0 saturated heterocycles. The minimum absolute atomic E-state index is 0.0687. The van der Waals surface area contributed by atoms with E-state index in [1.807, 2.05) is 44.6 Å². The smallest absolute Gasteiger partial charge is 0.251 e. The minimum atomic E-state index is -0.107. The van der Waals surface area contributed by atoms with Crippen LogP contribution in [0.3, 0.4) is 0 Å². The maximum atomic E-state index is 12.9. The molecule has 0 bridgehead atoms. The Labute approximate surface area is 172 Å². The molecule has 0 spiro atoms. The molecule has 3 aromatic rings. The van der Waals surface area contributed by atoms with Gasteiger partial charge in [0, 0.05) is 37.0 Å². The maximum absolute atomic E-state index is 12.9. The number of methoxy groups -OCH3 is 1. The van der Waals surface area contributed by atoms with Crippen LogP contribution in [-0.2, 0) is 11.8 Å². The second kappa shape index (κ2) is 8.62. The summed E-state index contributed by atoms with van der Waals surface area (Å²) >= 11 is 0. The fraction of sp³-hybridized carbons (Fsp3) is 0.333. The van der Waals surface area contributed by atoms with Gasteiger partial charge in [-0.3, -0.25) is 9.48 Å². The minimum Gasteiger partial charge on any atom is -0.383 e. The number of aryl methyl sites for hydroxylation is 3. The SMILES string of the molecule is COCC(C)NC(=O)c1cc(-c2ccc(C)cc2)cc(-c2c(C)nn(C)c2C)c1. The lowest BCUT2D eigenvalue weighted by Gasteiger charge is -2.15. The number of carbonyl (C=O) groups excluding carboxylic acids is 1. The third kappa shape index (κ3) is 4.57. The van der Waals surface area contributed by atoms with Crippen molar-refractivity contribution in [3.8, 4) is 22.3 Å². The van der Waals surface area contributed by atoms with Gasteiger partial charge in [0.15, 0.2) is 0 Å². The molecule has 5 nitrogen and oxygen atoms in total. The fourth-order valence-electron chi connectivity index (χ4n) is 3.61. The van der Waals surface area contributed by atoms with Gasteiger partial charge in [-0.05, 0) is 62.6 Å². The largest absolute Gasteiger partial charge is 0.383 e. The Morgan fingerprint density at radius 3 is 2.31 bits per heavy atom. The van der Waals surface area contributed by atoms with Gasteiger partial charge in [-0.1, -0.05) is 29.8 Å². The number of carbonyl (C=O) groups is 1. The van der Waals surface area contributed by atoms with Crippen LogP contribution in [-0.4, -0.2) is 35.4 Å². The van der Waals surface area contributed by atoms with E-state index in [0.717, 1.165) is 33.6 Å². The Hall–Kier alpha value is -2.92. The predicted octanol–water partition coefficient (Wildman–Crippen LogP) is 4.44. The van der Waals surface area contributed by atoms with E-state index in [9.17, 15) is 4.79 Å². The standard InChI is InChI=1S/C24H29N3O2/c1-15-7-9-19(10-8-15)20-11-21(23-17(3)26-27(5)18(23)4)13-22(12-20)24(28)25-16(2)14-29-6/h7-13,16H,14H2,1-6H3,(H,25,28).